The van der Waals surface area contributed by atoms with Crippen molar-refractivity contribution < 1.29 is 32.7 Å². The molecule has 0 radical (unpaired) electrons. The number of benzene rings is 1. The van der Waals surface area contributed by atoms with Gasteiger partial charge in [0.25, 0.3) is 0 Å². The van der Waals surface area contributed by atoms with Crippen molar-refractivity contribution in [2.75, 3.05) is 6.54 Å². The van der Waals surface area contributed by atoms with Gasteiger partial charge in [0.2, 0.25) is 11.8 Å². The molecular formula is C15H14F3NO4. The lowest BCUT2D eigenvalue weighted by Gasteiger charge is -2.26. The number of carboxylic acid groups (broad SMARTS) is 1. The van der Waals surface area contributed by atoms with Gasteiger partial charge in [0.1, 0.15) is 0 Å². The van der Waals surface area contributed by atoms with Gasteiger partial charge in [-0.25, -0.2) is 0 Å². The summed E-state index contributed by atoms with van der Waals surface area (Å²) in [4.78, 5) is 36.5. The smallest absolute Gasteiger partial charge is 0.416 e. The van der Waals surface area contributed by atoms with Gasteiger partial charge in [0.05, 0.1) is 17.4 Å². The monoisotopic (exact) mass is 329 g/mol. The molecule has 1 heterocycles. The maximum absolute atomic E-state index is 12.9. The third kappa shape index (κ3) is 2.93. The predicted octanol–water partition coefficient (Wildman–Crippen LogP) is 2.20. The number of halogens is 3. The molecule has 1 fully saturated rings. The van der Waals surface area contributed by atoms with Crippen molar-refractivity contribution in [2.45, 2.75) is 31.4 Å². The van der Waals surface area contributed by atoms with Crippen LogP contribution in [-0.2, 0) is 26.0 Å². The molecule has 0 bridgehead atoms. The highest BCUT2D eigenvalue weighted by Gasteiger charge is 2.53. The average molecular weight is 329 g/mol. The molecule has 1 aromatic rings. The van der Waals surface area contributed by atoms with Gasteiger partial charge in [-0.3, -0.25) is 19.3 Å². The van der Waals surface area contributed by atoms with Crippen molar-refractivity contribution in [3.05, 3.63) is 35.4 Å². The third-order valence-corrected chi connectivity index (χ3v) is 3.92. The Morgan fingerprint density at radius 3 is 2.48 bits per heavy atom. The lowest BCUT2D eigenvalue weighted by atomic mass is 9.75. The zero-order valence-corrected chi connectivity index (χ0v) is 12.2. The van der Waals surface area contributed by atoms with Gasteiger partial charge in [0.15, 0.2) is 0 Å². The van der Waals surface area contributed by atoms with E-state index in [-0.39, 0.29) is 12.1 Å². The summed E-state index contributed by atoms with van der Waals surface area (Å²) < 4.78 is 38.6. The molecular weight excluding hydrogens is 315 g/mol. The first-order valence-corrected chi connectivity index (χ1v) is 6.86. The molecule has 2 rings (SSSR count). The normalized spacial score (nSPS) is 21.8. The molecule has 1 aliphatic rings. The number of likely N-dealkylation sites (N-methyl/N-ethyl adjacent to an activating group) is 1. The summed E-state index contributed by atoms with van der Waals surface area (Å²) in [6.07, 6.45) is -5.82. The van der Waals surface area contributed by atoms with Crippen LogP contribution in [0.25, 0.3) is 0 Å². The van der Waals surface area contributed by atoms with E-state index in [4.69, 9.17) is 5.11 Å². The van der Waals surface area contributed by atoms with Crippen LogP contribution in [0.2, 0.25) is 0 Å². The summed E-state index contributed by atoms with van der Waals surface area (Å²) >= 11 is 0. The molecule has 1 saturated heterocycles. The number of rotatable bonds is 4. The first-order chi connectivity index (χ1) is 10.6. The van der Waals surface area contributed by atoms with Gasteiger partial charge in [-0.15, -0.1) is 0 Å². The number of hydrogen-bond donors (Lipinski definition) is 1. The van der Waals surface area contributed by atoms with Crippen molar-refractivity contribution >= 4 is 17.8 Å². The Hall–Kier alpha value is -2.38. The number of nitrogens with zero attached hydrogens (tertiary/aromatic N) is 1. The predicted molar refractivity (Wildman–Crippen MR) is 72.4 cm³/mol. The third-order valence-electron chi connectivity index (χ3n) is 3.92. The van der Waals surface area contributed by atoms with Crippen LogP contribution < -0.4 is 0 Å². The van der Waals surface area contributed by atoms with Gasteiger partial charge in [0, 0.05) is 13.0 Å². The molecule has 8 heteroatoms. The number of carboxylic acids is 1. The van der Waals surface area contributed by atoms with Crippen molar-refractivity contribution in [1.82, 2.24) is 4.90 Å². The van der Waals surface area contributed by atoms with Gasteiger partial charge in [-0.1, -0.05) is 18.2 Å². The Morgan fingerprint density at radius 2 is 2.00 bits per heavy atom. The Kier molecular flexibility index (Phi) is 4.19. The molecule has 1 unspecified atom stereocenters. The number of likely N-dealkylation sites (tertiary alicyclic amines) is 1. The summed E-state index contributed by atoms with van der Waals surface area (Å²) in [7, 11) is 0. The number of carbonyl (C=O) groups is 3. The van der Waals surface area contributed by atoms with Gasteiger partial charge in [-0.2, -0.15) is 13.2 Å². The molecule has 0 aromatic heterocycles. The Morgan fingerprint density at radius 1 is 1.35 bits per heavy atom. The maximum Gasteiger partial charge on any atom is 0.416 e. The van der Waals surface area contributed by atoms with E-state index in [2.05, 4.69) is 0 Å². The van der Waals surface area contributed by atoms with E-state index >= 15 is 0 Å². The second-order valence-electron chi connectivity index (χ2n) is 5.35. The lowest BCUT2D eigenvalue weighted by Crippen LogP contribution is -2.40. The summed E-state index contributed by atoms with van der Waals surface area (Å²) in [5.74, 6) is -2.72. The number of aliphatic carboxylic acids is 1. The standard InChI is InChI=1S/C15H14F3NO4/c1-2-19-11(20)7-14(13(19)23,8-12(21)22)9-4-3-5-10(6-9)15(16,17)18/h3-6H,2,7-8H2,1H3,(H,21,22). The largest absolute Gasteiger partial charge is 0.481 e. The average Bonchev–Trinajstić information content (AvgIpc) is 2.69. The van der Waals surface area contributed by atoms with E-state index in [0.29, 0.717) is 0 Å². The van der Waals surface area contributed by atoms with E-state index in [1.807, 2.05) is 0 Å². The molecule has 0 aliphatic carbocycles. The van der Waals surface area contributed by atoms with E-state index < -0.39 is 47.8 Å². The maximum atomic E-state index is 12.9. The fraction of sp³-hybridized carbons (Fsp3) is 0.400. The first-order valence-electron chi connectivity index (χ1n) is 6.86. The molecule has 5 nitrogen and oxygen atoms in total. The van der Waals surface area contributed by atoms with E-state index in [1.54, 1.807) is 6.92 Å². The van der Waals surface area contributed by atoms with Crippen LogP contribution in [0.5, 0.6) is 0 Å². The topological polar surface area (TPSA) is 74.7 Å². The molecule has 1 aromatic carbocycles. The zero-order valence-electron chi connectivity index (χ0n) is 12.2. The molecule has 2 amide bonds. The number of hydrogen-bond acceptors (Lipinski definition) is 3. The van der Waals surface area contributed by atoms with Gasteiger partial charge in [-0.05, 0) is 18.6 Å². The van der Waals surface area contributed by atoms with Crippen LogP contribution in [0.15, 0.2) is 24.3 Å². The van der Waals surface area contributed by atoms with Crippen molar-refractivity contribution in [3.63, 3.8) is 0 Å². The van der Waals surface area contributed by atoms with Crippen LogP contribution in [0.3, 0.4) is 0 Å². The second-order valence-corrected chi connectivity index (χ2v) is 5.35. The zero-order chi connectivity index (χ0) is 17.4. The molecule has 1 atom stereocenters. The van der Waals surface area contributed by atoms with Crippen LogP contribution in [0, 0.1) is 0 Å². The minimum absolute atomic E-state index is 0.0397. The van der Waals surface area contributed by atoms with E-state index in [1.165, 1.54) is 6.07 Å². The molecule has 124 valence electrons. The first kappa shape index (κ1) is 17.0. The highest BCUT2D eigenvalue weighted by molar-refractivity contribution is 6.10. The highest BCUT2D eigenvalue weighted by Crippen LogP contribution is 2.41. The Bertz CT molecular complexity index is 671. The molecule has 0 spiro atoms. The SMILES string of the molecule is CCN1C(=O)CC(CC(=O)O)(c2cccc(C(F)(F)F)c2)C1=O. The summed E-state index contributed by atoms with van der Waals surface area (Å²) in [6.45, 7) is 1.58. The van der Waals surface area contributed by atoms with Crippen LogP contribution in [-0.4, -0.2) is 34.3 Å². The number of amides is 2. The van der Waals surface area contributed by atoms with Crippen LogP contribution >= 0.6 is 0 Å². The van der Waals surface area contributed by atoms with E-state index in [0.717, 1.165) is 23.1 Å². The minimum atomic E-state index is -4.63. The van der Waals surface area contributed by atoms with Crippen LogP contribution in [0.1, 0.15) is 30.9 Å². The summed E-state index contributed by atoms with van der Waals surface area (Å²) in [6, 6.07) is 3.93. The van der Waals surface area contributed by atoms with Crippen molar-refractivity contribution in [1.29, 1.82) is 0 Å². The lowest BCUT2D eigenvalue weighted by molar-refractivity contribution is -0.145. The fourth-order valence-corrected chi connectivity index (χ4v) is 2.84. The molecule has 1 N–H and O–H groups in total. The minimum Gasteiger partial charge on any atom is -0.481 e. The van der Waals surface area contributed by atoms with Gasteiger partial charge >= 0.3 is 12.1 Å². The van der Waals surface area contributed by atoms with Gasteiger partial charge < -0.3 is 5.11 Å². The Labute approximate surface area is 129 Å². The fourth-order valence-electron chi connectivity index (χ4n) is 2.84. The second kappa shape index (κ2) is 5.68. The summed E-state index contributed by atoms with van der Waals surface area (Å²) in [5, 5.41) is 9.09. The quantitative estimate of drug-likeness (QED) is 0.860. The molecule has 0 saturated carbocycles. The Balaban J connectivity index is 2.59. The van der Waals surface area contributed by atoms with Crippen molar-refractivity contribution in [2.24, 2.45) is 0 Å². The molecule has 23 heavy (non-hydrogen) atoms. The van der Waals surface area contributed by atoms with Crippen molar-refractivity contribution in [3.8, 4) is 0 Å². The summed E-state index contributed by atoms with van der Waals surface area (Å²) in [5.41, 5.74) is -2.89. The number of imide groups is 1. The molecule has 1 aliphatic heterocycles. The van der Waals surface area contributed by atoms with E-state index in [9.17, 15) is 27.6 Å². The number of carbonyl (C=O) groups excluding carboxylic acids is 2. The highest BCUT2D eigenvalue weighted by atomic mass is 19.4. The van der Waals surface area contributed by atoms with Crippen LogP contribution in [0.4, 0.5) is 13.2 Å². The number of alkyl halides is 3.